The Morgan fingerprint density at radius 1 is 1.25 bits per heavy atom. The molecule has 1 aliphatic carbocycles. The molecule has 1 saturated carbocycles. The highest BCUT2D eigenvalue weighted by Gasteiger charge is 2.40. The maximum atomic E-state index is 12.4. The van der Waals surface area contributed by atoms with Crippen LogP contribution in [0.3, 0.4) is 0 Å². The number of hydrogen-bond acceptors (Lipinski definition) is 4. The smallest absolute Gasteiger partial charge is 0.238 e. The van der Waals surface area contributed by atoms with Crippen LogP contribution < -0.4 is 11.1 Å². The van der Waals surface area contributed by atoms with E-state index in [0.29, 0.717) is 25.3 Å². The third-order valence-electron chi connectivity index (χ3n) is 4.88. The summed E-state index contributed by atoms with van der Waals surface area (Å²) in [4.78, 5) is 12.4. The zero-order chi connectivity index (χ0) is 14.8. The van der Waals surface area contributed by atoms with E-state index >= 15 is 0 Å². The molecule has 0 bridgehead atoms. The van der Waals surface area contributed by atoms with Crippen molar-refractivity contribution >= 4 is 15.7 Å². The fraction of sp³-hybridized carbons (Fsp3) is 0.929. The summed E-state index contributed by atoms with van der Waals surface area (Å²) in [7, 11) is -3.27. The van der Waals surface area contributed by atoms with Crippen molar-refractivity contribution in [3.63, 3.8) is 0 Å². The van der Waals surface area contributed by atoms with E-state index < -0.39 is 20.6 Å². The van der Waals surface area contributed by atoms with E-state index in [-0.39, 0.29) is 11.7 Å². The second kappa shape index (κ2) is 6.02. The monoisotopic (exact) mass is 302 g/mol. The molecule has 0 aromatic carbocycles. The molecule has 2 fully saturated rings. The van der Waals surface area contributed by atoms with E-state index in [1.165, 1.54) is 0 Å². The maximum absolute atomic E-state index is 12.4. The van der Waals surface area contributed by atoms with Crippen LogP contribution in [0.15, 0.2) is 0 Å². The molecule has 6 heteroatoms. The minimum atomic E-state index is -3.27. The maximum Gasteiger partial charge on any atom is 0.238 e. The van der Waals surface area contributed by atoms with E-state index in [1.807, 2.05) is 0 Å². The summed E-state index contributed by atoms with van der Waals surface area (Å²) in [5, 5.41) is 2.12. The van der Waals surface area contributed by atoms with Gasteiger partial charge in [-0.1, -0.05) is 13.3 Å². The molecule has 3 N–H and O–H groups in total. The van der Waals surface area contributed by atoms with Gasteiger partial charge < -0.3 is 11.1 Å². The highest BCUT2D eigenvalue weighted by molar-refractivity contribution is 7.92. The zero-order valence-electron chi connectivity index (χ0n) is 12.2. The van der Waals surface area contributed by atoms with Crippen molar-refractivity contribution in [2.75, 3.05) is 12.3 Å². The molecule has 2 rings (SSSR count). The molecule has 1 atom stereocenters. The normalized spacial score (nSPS) is 37.3. The quantitative estimate of drug-likeness (QED) is 0.813. The average Bonchev–Trinajstić information content (AvgIpc) is 2.41. The number of carbonyl (C=O) groups is 1. The van der Waals surface area contributed by atoms with Crippen molar-refractivity contribution in [3.8, 4) is 0 Å². The molecule has 1 unspecified atom stereocenters. The molecule has 0 radical (unpaired) electrons. The van der Waals surface area contributed by atoms with Crippen LogP contribution in [-0.4, -0.2) is 37.4 Å². The third-order valence-corrected chi connectivity index (χ3v) is 7.06. The molecule has 1 saturated heterocycles. The Kier molecular flexibility index (Phi) is 4.74. The summed E-state index contributed by atoms with van der Waals surface area (Å²) in [6.07, 6.45) is 5.71. The molecule has 116 valence electrons. The van der Waals surface area contributed by atoms with Gasteiger partial charge in [0, 0.05) is 6.54 Å². The van der Waals surface area contributed by atoms with Crippen molar-refractivity contribution in [1.82, 2.24) is 5.32 Å². The SMILES string of the molecule is CC1CCC(CN)(NC(=O)C2CCCCS2(=O)=O)CC1. The van der Waals surface area contributed by atoms with Crippen LogP contribution in [-0.2, 0) is 14.6 Å². The predicted octanol–water partition coefficient (Wildman–Crippen LogP) is 0.978. The molecule has 20 heavy (non-hydrogen) atoms. The van der Waals surface area contributed by atoms with Gasteiger partial charge in [0.2, 0.25) is 5.91 Å². The minimum absolute atomic E-state index is 0.137. The number of rotatable bonds is 3. The summed E-state index contributed by atoms with van der Waals surface area (Å²) in [5.74, 6) is 0.465. The van der Waals surface area contributed by atoms with Crippen LogP contribution in [0.1, 0.15) is 51.9 Å². The van der Waals surface area contributed by atoms with Gasteiger partial charge in [0.15, 0.2) is 9.84 Å². The summed E-state index contributed by atoms with van der Waals surface area (Å²) < 4.78 is 24.0. The third kappa shape index (κ3) is 3.34. The first kappa shape index (κ1) is 15.8. The first-order valence-corrected chi connectivity index (χ1v) is 9.34. The van der Waals surface area contributed by atoms with Crippen molar-refractivity contribution in [2.24, 2.45) is 11.7 Å². The average molecular weight is 302 g/mol. The molecule has 1 heterocycles. The molecule has 0 spiro atoms. The number of hydrogen-bond donors (Lipinski definition) is 2. The lowest BCUT2D eigenvalue weighted by atomic mass is 9.77. The summed E-state index contributed by atoms with van der Waals surface area (Å²) in [5.41, 5.74) is 5.47. The number of nitrogens with one attached hydrogen (secondary N) is 1. The second-order valence-electron chi connectivity index (χ2n) is 6.51. The molecule has 2 aliphatic rings. The van der Waals surface area contributed by atoms with Crippen LogP contribution in [0, 0.1) is 5.92 Å². The van der Waals surface area contributed by atoms with Crippen LogP contribution >= 0.6 is 0 Å². The highest BCUT2D eigenvalue weighted by Crippen LogP contribution is 2.32. The van der Waals surface area contributed by atoms with E-state index in [4.69, 9.17) is 5.73 Å². The standard InChI is InChI=1S/C14H26N2O3S/c1-11-5-7-14(10-15,8-6-11)16-13(17)12-4-2-3-9-20(12,18)19/h11-12H,2-10,15H2,1H3,(H,16,17). The van der Waals surface area contributed by atoms with Gasteiger partial charge >= 0.3 is 0 Å². The molecular weight excluding hydrogens is 276 g/mol. The van der Waals surface area contributed by atoms with E-state index in [2.05, 4.69) is 12.2 Å². The molecule has 0 aromatic rings. The van der Waals surface area contributed by atoms with Gasteiger partial charge in [-0.15, -0.1) is 0 Å². The zero-order valence-corrected chi connectivity index (χ0v) is 13.0. The van der Waals surface area contributed by atoms with Gasteiger partial charge in [-0.2, -0.15) is 0 Å². The summed E-state index contributed by atoms with van der Waals surface area (Å²) in [6, 6.07) is 0. The highest BCUT2D eigenvalue weighted by atomic mass is 32.2. The molecule has 1 amide bonds. The van der Waals surface area contributed by atoms with Crippen molar-refractivity contribution in [1.29, 1.82) is 0 Å². The first-order valence-electron chi connectivity index (χ1n) is 7.62. The Hall–Kier alpha value is -0.620. The lowest BCUT2D eigenvalue weighted by Crippen LogP contribution is -2.58. The fourth-order valence-electron chi connectivity index (χ4n) is 3.29. The van der Waals surface area contributed by atoms with Gasteiger partial charge in [0.05, 0.1) is 11.3 Å². The minimum Gasteiger partial charge on any atom is -0.348 e. The van der Waals surface area contributed by atoms with Gasteiger partial charge in [0.25, 0.3) is 0 Å². The van der Waals surface area contributed by atoms with E-state index in [9.17, 15) is 13.2 Å². The summed E-state index contributed by atoms with van der Waals surface area (Å²) >= 11 is 0. The fourth-order valence-corrected chi connectivity index (χ4v) is 5.09. The van der Waals surface area contributed by atoms with Gasteiger partial charge in [-0.25, -0.2) is 8.42 Å². The molecule has 0 aromatic heterocycles. The Bertz CT molecular complexity index is 453. The van der Waals surface area contributed by atoms with E-state index in [0.717, 1.165) is 32.1 Å². The van der Waals surface area contributed by atoms with Gasteiger partial charge in [0.1, 0.15) is 5.25 Å². The van der Waals surface area contributed by atoms with Crippen LogP contribution in [0.25, 0.3) is 0 Å². The predicted molar refractivity (Wildman–Crippen MR) is 79.0 cm³/mol. The number of amides is 1. The first-order chi connectivity index (χ1) is 9.38. The van der Waals surface area contributed by atoms with Crippen LogP contribution in [0.5, 0.6) is 0 Å². The van der Waals surface area contributed by atoms with E-state index in [1.54, 1.807) is 0 Å². The van der Waals surface area contributed by atoms with Crippen molar-refractivity contribution in [2.45, 2.75) is 62.7 Å². The van der Waals surface area contributed by atoms with Crippen LogP contribution in [0.2, 0.25) is 0 Å². The Balaban J connectivity index is 2.06. The topological polar surface area (TPSA) is 89.3 Å². The largest absolute Gasteiger partial charge is 0.348 e. The lowest BCUT2D eigenvalue weighted by molar-refractivity contribution is -0.123. The number of carbonyl (C=O) groups excluding carboxylic acids is 1. The van der Waals surface area contributed by atoms with Gasteiger partial charge in [-0.05, 0) is 44.4 Å². The Morgan fingerprint density at radius 3 is 2.45 bits per heavy atom. The van der Waals surface area contributed by atoms with Gasteiger partial charge in [-0.3, -0.25) is 4.79 Å². The van der Waals surface area contributed by atoms with Crippen molar-refractivity contribution in [3.05, 3.63) is 0 Å². The van der Waals surface area contributed by atoms with Crippen molar-refractivity contribution < 1.29 is 13.2 Å². The second-order valence-corrected chi connectivity index (χ2v) is 8.81. The van der Waals surface area contributed by atoms with Crippen LogP contribution in [0.4, 0.5) is 0 Å². The molecule has 1 aliphatic heterocycles. The Labute approximate surface area is 121 Å². The Morgan fingerprint density at radius 2 is 1.90 bits per heavy atom. The summed E-state index contributed by atoms with van der Waals surface area (Å²) in [6.45, 7) is 2.59. The number of sulfone groups is 1. The number of nitrogens with two attached hydrogens (primary N) is 1. The molecular formula is C14H26N2O3S. The molecule has 5 nitrogen and oxygen atoms in total. The lowest BCUT2D eigenvalue weighted by Gasteiger charge is -2.40.